The topological polar surface area (TPSA) is 83.0 Å². The minimum absolute atomic E-state index is 0. The Morgan fingerprint density at radius 1 is 0.595 bits per heavy atom. The van der Waals surface area contributed by atoms with E-state index in [0.717, 1.165) is 98.8 Å². The summed E-state index contributed by atoms with van der Waals surface area (Å²) >= 11 is 5.72. The normalized spacial score (nSPS) is 20.2. The van der Waals surface area contributed by atoms with Crippen LogP contribution in [0.25, 0.3) is 11.3 Å². The molecule has 8 rings (SSSR count). The highest BCUT2D eigenvalue weighted by Gasteiger charge is 2.32. The van der Waals surface area contributed by atoms with Gasteiger partial charge in [-0.15, -0.1) is 45.2 Å². The number of rotatable bonds is 5. The third-order valence-corrected chi connectivity index (χ3v) is 8.54. The van der Waals surface area contributed by atoms with Crippen molar-refractivity contribution in [3.8, 4) is 22.8 Å². The zero-order valence-corrected chi connectivity index (χ0v) is 25.9. The fourth-order valence-electron chi connectivity index (χ4n) is 5.69. The summed E-state index contributed by atoms with van der Waals surface area (Å²) in [6, 6.07) is 15.5. The van der Waals surface area contributed by atoms with Gasteiger partial charge in [0.2, 0.25) is 6.79 Å². The van der Waals surface area contributed by atoms with Crippen LogP contribution in [0.15, 0.2) is 42.5 Å². The first-order valence-electron chi connectivity index (χ1n) is 14.4. The molecule has 0 atom stereocenters. The van der Waals surface area contributed by atoms with Crippen LogP contribution >= 0.6 is 36.4 Å². The van der Waals surface area contributed by atoms with Gasteiger partial charge in [0, 0.05) is 70.0 Å². The van der Waals surface area contributed by atoms with E-state index in [1.54, 1.807) is 6.07 Å². The molecule has 2 saturated carbocycles. The van der Waals surface area contributed by atoms with E-state index < -0.39 is 0 Å². The van der Waals surface area contributed by atoms with Gasteiger partial charge in [-0.2, -0.15) is 0 Å². The maximum atomic E-state index is 5.72. The number of benzene rings is 1. The van der Waals surface area contributed by atoms with Crippen molar-refractivity contribution >= 4 is 48.1 Å². The molecule has 0 bridgehead atoms. The van der Waals surface area contributed by atoms with Crippen molar-refractivity contribution in [2.24, 2.45) is 0 Å². The maximum absolute atomic E-state index is 5.72. The third-order valence-electron chi connectivity index (χ3n) is 8.34. The number of aromatic nitrogens is 4. The number of ether oxygens (including phenoxy) is 2. The molecule has 0 N–H and O–H groups in total. The van der Waals surface area contributed by atoms with Crippen molar-refractivity contribution in [1.82, 2.24) is 30.2 Å². The summed E-state index contributed by atoms with van der Waals surface area (Å²) in [7, 11) is 0. The molecule has 10 nitrogen and oxygen atoms in total. The molecule has 3 aliphatic heterocycles. The summed E-state index contributed by atoms with van der Waals surface area (Å²) in [6.45, 7) is 9.02. The van der Waals surface area contributed by atoms with E-state index in [1.165, 1.54) is 25.7 Å². The molecule has 226 valence electrons. The molecule has 1 aromatic carbocycles. The van der Waals surface area contributed by atoms with E-state index in [0.29, 0.717) is 5.15 Å². The second-order valence-electron chi connectivity index (χ2n) is 11.1. The van der Waals surface area contributed by atoms with Gasteiger partial charge in [-0.3, -0.25) is 9.80 Å². The van der Waals surface area contributed by atoms with E-state index in [9.17, 15) is 0 Å². The molecular weight excluding hydrogens is 599 g/mol. The van der Waals surface area contributed by atoms with E-state index >= 15 is 0 Å². The van der Waals surface area contributed by atoms with Crippen molar-refractivity contribution in [2.45, 2.75) is 37.8 Å². The molecule has 2 aromatic heterocycles. The lowest BCUT2D eigenvalue weighted by molar-refractivity contribution is 0.174. The van der Waals surface area contributed by atoms with E-state index in [4.69, 9.17) is 21.1 Å². The summed E-state index contributed by atoms with van der Waals surface area (Å²) in [4.78, 5) is 9.79. The largest absolute Gasteiger partial charge is 0.454 e. The minimum atomic E-state index is 0. The summed E-state index contributed by atoms with van der Waals surface area (Å²) < 4.78 is 10.8. The molecule has 4 fully saturated rings. The predicted octanol–water partition coefficient (Wildman–Crippen LogP) is 4.41. The zero-order chi connectivity index (χ0) is 26.9. The number of fused-ring (bicyclic) bond motifs is 1. The average Bonchev–Trinajstić information content (AvgIpc) is 3.96. The van der Waals surface area contributed by atoms with E-state index in [1.807, 2.05) is 30.3 Å². The lowest BCUT2D eigenvalue weighted by Gasteiger charge is -2.35. The van der Waals surface area contributed by atoms with Gasteiger partial charge in [-0.25, -0.2) is 0 Å². The molecule has 2 saturated heterocycles. The first-order valence-corrected chi connectivity index (χ1v) is 14.8. The van der Waals surface area contributed by atoms with Crippen molar-refractivity contribution in [1.29, 1.82) is 0 Å². The summed E-state index contributed by atoms with van der Waals surface area (Å²) in [5.74, 6) is 3.47. The highest BCUT2D eigenvalue weighted by atomic mass is 35.5. The quantitative estimate of drug-likeness (QED) is 0.402. The van der Waals surface area contributed by atoms with Crippen LogP contribution in [0.2, 0.25) is 5.15 Å². The van der Waals surface area contributed by atoms with Crippen LogP contribution in [-0.2, 0) is 0 Å². The van der Waals surface area contributed by atoms with Crippen LogP contribution in [0.1, 0.15) is 25.7 Å². The summed E-state index contributed by atoms with van der Waals surface area (Å²) in [6.07, 6.45) is 5.54. The van der Waals surface area contributed by atoms with Gasteiger partial charge in [0.15, 0.2) is 28.3 Å². The van der Waals surface area contributed by atoms with E-state index in [2.05, 4.69) is 46.1 Å². The van der Waals surface area contributed by atoms with Gasteiger partial charge in [0.1, 0.15) is 0 Å². The molecule has 0 radical (unpaired) electrons. The van der Waals surface area contributed by atoms with Gasteiger partial charge in [-0.1, -0.05) is 11.6 Å². The molecule has 5 aliphatic rings. The Balaban J connectivity index is 0.000000172. The monoisotopic (exact) mass is 634 g/mol. The number of piperazine rings is 2. The number of hydrogen-bond donors (Lipinski definition) is 0. The van der Waals surface area contributed by atoms with Crippen LogP contribution in [0.4, 0.5) is 11.6 Å². The molecule has 0 amide bonds. The van der Waals surface area contributed by atoms with Gasteiger partial charge >= 0.3 is 0 Å². The minimum Gasteiger partial charge on any atom is -0.454 e. The van der Waals surface area contributed by atoms with Crippen LogP contribution in [0.3, 0.4) is 0 Å². The van der Waals surface area contributed by atoms with Crippen molar-refractivity contribution in [3.05, 3.63) is 47.6 Å². The molecule has 13 heteroatoms. The zero-order valence-electron chi connectivity index (χ0n) is 23.5. The highest BCUT2D eigenvalue weighted by Crippen LogP contribution is 2.35. The molecule has 0 unspecified atom stereocenters. The molecule has 2 aliphatic carbocycles. The second kappa shape index (κ2) is 13.8. The number of nitrogens with zero attached hydrogens (tertiary/aromatic N) is 8. The van der Waals surface area contributed by atoms with Crippen LogP contribution in [0, 0.1) is 0 Å². The maximum Gasteiger partial charge on any atom is 0.231 e. The van der Waals surface area contributed by atoms with E-state index in [-0.39, 0.29) is 31.6 Å². The van der Waals surface area contributed by atoms with Gasteiger partial charge in [0.05, 0.1) is 5.69 Å². The first-order chi connectivity index (χ1) is 19.7. The molecule has 3 aromatic rings. The fraction of sp³-hybridized carbons (Fsp3) is 0.517. The first kappa shape index (κ1) is 30.8. The second-order valence-corrected chi connectivity index (χ2v) is 11.5. The van der Waals surface area contributed by atoms with Crippen molar-refractivity contribution in [2.75, 3.05) is 69.0 Å². The molecular formula is C29H37Cl3N8O2. The Labute approximate surface area is 264 Å². The fourth-order valence-corrected chi connectivity index (χ4v) is 5.79. The number of anilines is 2. The predicted molar refractivity (Wildman–Crippen MR) is 169 cm³/mol. The highest BCUT2D eigenvalue weighted by molar-refractivity contribution is 6.29. The number of hydrogen-bond acceptors (Lipinski definition) is 10. The van der Waals surface area contributed by atoms with Gasteiger partial charge in [-0.05, 0) is 68.1 Å². The van der Waals surface area contributed by atoms with Gasteiger partial charge in [0.25, 0.3) is 0 Å². The van der Waals surface area contributed by atoms with Gasteiger partial charge < -0.3 is 19.3 Å². The standard InChI is InChI=1S/C18H20N4O2.C11H15ClN4.2ClH/c1-5-16-17(24-12-23-16)11-13(1)15-4-6-18(20-19-15)22-9-7-21(8-10-22)14-2-3-14;12-10-3-4-11(14-13-10)16-7-5-15(6-8-16)9-1-2-9;;/h1,4-6,11,14H,2-3,7-10,12H2;3-4,9H,1-2,5-8H2;2*1H. The van der Waals surface area contributed by atoms with Crippen LogP contribution < -0.4 is 19.3 Å². The van der Waals surface area contributed by atoms with Crippen molar-refractivity contribution < 1.29 is 9.47 Å². The van der Waals surface area contributed by atoms with Crippen LogP contribution in [-0.4, -0.2) is 101 Å². The average molecular weight is 636 g/mol. The van der Waals surface area contributed by atoms with Crippen LogP contribution in [0.5, 0.6) is 11.5 Å². The lowest BCUT2D eigenvalue weighted by atomic mass is 10.1. The Hall–Kier alpha value is -2.63. The molecule has 0 spiro atoms. The SMILES string of the molecule is Cl.Cl.Clc1ccc(N2CCN(C3CC3)CC2)nn1.c1cc2c(cc1-c1ccc(N3CCN(C4CC4)CC3)nn1)OCO2. The van der Waals surface area contributed by atoms with Crippen molar-refractivity contribution in [3.63, 3.8) is 0 Å². The number of halogens is 3. The Kier molecular flexibility index (Phi) is 10.1. The smallest absolute Gasteiger partial charge is 0.231 e. The summed E-state index contributed by atoms with van der Waals surface area (Å²) in [5, 5.41) is 17.3. The molecule has 5 heterocycles. The summed E-state index contributed by atoms with van der Waals surface area (Å²) in [5.41, 5.74) is 1.85. The third kappa shape index (κ3) is 7.29. The lowest BCUT2D eigenvalue weighted by Crippen LogP contribution is -2.47. The molecule has 42 heavy (non-hydrogen) atoms. The Morgan fingerprint density at radius 2 is 1.14 bits per heavy atom. The Bertz CT molecular complexity index is 1300. The Morgan fingerprint density at radius 3 is 1.64 bits per heavy atom.